The van der Waals surface area contributed by atoms with Crippen molar-refractivity contribution >= 4 is 16.8 Å². The Morgan fingerprint density at radius 1 is 1.38 bits per heavy atom. The number of nitriles is 1. The van der Waals surface area contributed by atoms with Gasteiger partial charge in [0.05, 0.1) is 23.7 Å². The summed E-state index contributed by atoms with van der Waals surface area (Å²) in [6.07, 6.45) is 4.41. The van der Waals surface area contributed by atoms with Crippen LogP contribution in [0.1, 0.15) is 54.7 Å². The van der Waals surface area contributed by atoms with Gasteiger partial charge in [-0.25, -0.2) is 0 Å². The van der Waals surface area contributed by atoms with E-state index < -0.39 is 0 Å². The lowest BCUT2D eigenvalue weighted by molar-refractivity contribution is -0.0350. The summed E-state index contributed by atoms with van der Waals surface area (Å²) in [6, 6.07) is 11.0. The molecule has 0 radical (unpaired) electrons. The highest BCUT2D eigenvalue weighted by molar-refractivity contribution is 5.97. The van der Waals surface area contributed by atoms with Crippen LogP contribution in [-0.2, 0) is 6.42 Å². The molecule has 1 fully saturated rings. The first-order valence-corrected chi connectivity index (χ1v) is 9.01. The number of piperidine rings is 1. The molecule has 1 unspecified atom stereocenters. The van der Waals surface area contributed by atoms with Crippen LogP contribution in [0.25, 0.3) is 10.9 Å². The molecule has 0 N–H and O–H groups in total. The van der Waals surface area contributed by atoms with Crippen molar-refractivity contribution in [2.75, 3.05) is 6.54 Å². The Hall–Kier alpha value is -2.12. The third-order valence-corrected chi connectivity index (χ3v) is 6.73. The van der Waals surface area contributed by atoms with Gasteiger partial charge in [0.15, 0.2) is 0 Å². The number of benzene rings is 1. The second kappa shape index (κ2) is 4.70. The molecule has 24 heavy (non-hydrogen) atoms. The molecule has 1 aromatic carbocycles. The number of fused-ring (bicyclic) bond motifs is 3. The van der Waals surface area contributed by atoms with Gasteiger partial charge in [0.1, 0.15) is 0 Å². The van der Waals surface area contributed by atoms with E-state index in [1.807, 2.05) is 10.6 Å². The van der Waals surface area contributed by atoms with Crippen molar-refractivity contribution in [2.24, 2.45) is 5.41 Å². The van der Waals surface area contributed by atoms with Crippen LogP contribution in [0, 0.1) is 16.7 Å². The van der Waals surface area contributed by atoms with E-state index in [4.69, 9.17) is 0 Å². The average molecular weight is 319 g/mol. The van der Waals surface area contributed by atoms with Gasteiger partial charge in [-0.1, -0.05) is 25.1 Å². The average Bonchev–Trinajstić information content (AvgIpc) is 2.96. The fourth-order valence-electron chi connectivity index (χ4n) is 5.58. The Bertz CT molecular complexity index is 905. The number of carbonyl (C=O) groups excluding carboxylic acids is 1. The van der Waals surface area contributed by atoms with Crippen molar-refractivity contribution in [3.8, 4) is 6.07 Å². The number of hydrogen-bond donors (Lipinski definition) is 0. The smallest absolute Gasteiger partial charge is 0.231 e. The van der Waals surface area contributed by atoms with Gasteiger partial charge in [-0.15, -0.1) is 0 Å². The monoisotopic (exact) mass is 319 g/mol. The summed E-state index contributed by atoms with van der Waals surface area (Å²) in [5, 5.41) is 10.9. The third kappa shape index (κ3) is 1.54. The molecule has 0 bridgehead atoms. The number of para-hydroxylation sites is 1. The maximum Gasteiger partial charge on any atom is 0.231 e. The maximum atomic E-state index is 13.1. The molecule has 4 heterocycles. The second-order valence-corrected chi connectivity index (χ2v) is 7.58. The van der Waals surface area contributed by atoms with Crippen molar-refractivity contribution in [3.05, 3.63) is 35.5 Å². The normalized spacial score (nSPS) is 31.8. The fourth-order valence-corrected chi connectivity index (χ4v) is 5.58. The Morgan fingerprint density at radius 2 is 2.21 bits per heavy atom. The first kappa shape index (κ1) is 14.2. The van der Waals surface area contributed by atoms with Crippen molar-refractivity contribution in [1.29, 1.82) is 5.26 Å². The van der Waals surface area contributed by atoms with E-state index in [9.17, 15) is 10.1 Å². The quantitative estimate of drug-likeness (QED) is 0.806. The predicted molar refractivity (Wildman–Crippen MR) is 91.7 cm³/mol. The van der Waals surface area contributed by atoms with Gasteiger partial charge in [0, 0.05) is 29.5 Å². The maximum absolute atomic E-state index is 13.1. The van der Waals surface area contributed by atoms with E-state index in [0.29, 0.717) is 6.42 Å². The van der Waals surface area contributed by atoms with Crippen molar-refractivity contribution < 1.29 is 4.79 Å². The van der Waals surface area contributed by atoms with Crippen molar-refractivity contribution in [1.82, 2.24) is 9.47 Å². The van der Waals surface area contributed by atoms with Gasteiger partial charge < -0.3 is 0 Å². The van der Waals surface area contributed by atoms with E-state index in [1.54, 1.807) is 0 Å². The van der Waals surface area contributed by atoms with Crippen LogP contribution in [0.2, 0.25) is 0 Å². The molecule has 122 valence electrons. The van der Waals surface area contributed by atoms with Crippen LogP contribution < -0.4 is 0 Å². The van der Waals surface area contributed by atoms with Crippen molar-refractivity contribution in [2.45, 2.75) is 51.1 Å². The molecule has 2 aromatic rings. The van der Waals surface area contributed by atoms with Crippen LogP contribution >= 0.6 is 0 Å². The highest BCUT2D eigenvalue weighted by atomic mass is 16.2. The third-order valence-electron chi connectivity index (χ3n) is 6.73. The molecular weight excluding hydrogens is 298 g/mol. The molecule has 0 amide bonds. The minimum atomic E-state index is -0.0116. The van der Waals surface area contributed by atoms with E-state index >= 15 is 0 Å². The molecular formula is C20H21N3O. The Morgan fingerprint density at radius 3 is 3.00 bits per heavy atom. The number of carbonyl (C=O) groups is 1. The minimum absolute atomic E-state index is 0.00395. The highest BCUT2D eigenvalue weighted by Crippen LogP contribution is 2.58. The molecule has 3 atom stereocenters. The van der Waals surface area contributed by atoms with Gasteiger partial charge >= 0.3 is 0 Å². The lowest BCUT2D eigenvalue weighted by Gasteiger charge is -2.55. The van der Waals surface area contributed by atoms with Gasteiger partial charge in [0.2, 0.25) is 5.91 Å². The van der Waals surface area contributed by atoms with Gasteiger partial charge in [0.25, 0.3) is 0 Å². The highest BCUT2D eigenvalue weighted by Gasteiger charge is 2.55. The molecule has 3 aliphatic heterocycles. The number of nitrogens with zero attached hydrogens (tertiary/aromatic N) is 3. The summed E-state index contributed by atoms with van der Waals surface area (Å²) >= 11 is 0. The van der Waals surface area contributed by atoms with Gasteiger partial charge in [-0.2, -0.15) is 5.26 Å². The molecule has 1 saturated heterocycles. The lowest BCUT2D eigenvalue weighted by atomic mass is 9.63. The van der Waals surface area contributed by atoms with Crippen LogP contribution in [0.3, 0.4) is 0 Å². The lowest BCUT2D eigenvalue weighted by Crippen LogP contribution is -2.56. The van der Waals surface area contributed by atoms with Crippen LogP contribution in [0.15, 0.2) is 24.3 Å². The van der Waals surface area contributed by atoms with Gasteiger partial charge in [-0.05, 0) is 37.3 Å². The first-order chi connectivity index (χ1) is 11.7. The summed E-state index contributed by atoms with van der Waals surface area (Å²) < 4.78 is 1.98. The summed E-state index contributed by atoms with van der Waals surface area (Å²) in [5.74, 6) is 0.239. The summed E-state index contributed by atoms with van der Waals surface area (Å²) in [4.78, 5) is 15.5. The summed E-state index contributed by atoms with van der Waals surface area (Å²) in [6.45, 7) is 3.14. The molecule has 3 aliphatic rings. The van der Waals surface area contributed by atoms with E-state index in [2.05, 4.69) is 36.1 Å². The fraction of sp³-hybridized carbons (Fsp3) is 0.500. The molecule has 1 aromatic heterocycles. The zero-order valence-electron chi connectivity index (χ0n) is 14.0. The Kier molecular flexibility index (Phi) is 2.79. The Balaban J connectivity index is 1.85. The molecule has 0 aliphatic carbocycles. The molecule has 0 spiro atoms. The van der Waals surface area contributed by atoms with Gasteiger partial charge in [-0.3, -0.25) is 14.3 Å². The van der Waals surface area contributed by atoms with Crippen molar-refractivity contribution in [3.63, 3.8) is 0 Å². The van der Waals surface area contributed by atoms with Crippen LogP contribution in [0.4, 0.5) is 0 Å². The van der Waals surface area contributed by atoms with E-state index in [-0.39, 0.29) is 23.4 Å². The summed E-state index contributed by atoms with van der Waals surface area (Å²) in [7, 11) is 0. The first-order valence-electron chi connectivity index (χ1n) is 9.01. The summed E-state index contributed by atoms with van der Waals surface area (Å²) in [5.41, 5.74) is 3.60. The minimum Gasteiger partial charge on any atom is -0.282 e. The second-order valence-electron chi connectivity index (χ2n) is 7.58. The van der Waals surface area contributed by atoms with Crippen LogP contribution in [0.5, 0.6) is 0 Å². The molecule has 5 rings (SSSR count). The SMILES string of the molecule is CC[C@@]12CCC(C#N)N3CCc4c(n(c5ccccc45)C(=O)C1)[C@H]32. The standard InChI is InChI=1S/C20H21N3O/c1-2-20-9-7-13(12-21)22-10-8-15-14-5-3-4-6-16(14)23(17(24)11-20)18(15)19(20)22/h3-6,13,19H,2,7-11H2,1H3/t13?,19-,20+/m0/s1. The number of rotatable bonds is 1. The molecule has 0 saturated carbocycles. The zero-order valence-corrected chi connectivity index (χ0v) is 14.0. The molecule has 4 heteroatoms. The largest absolute Gasteiger partial charge is 0.282 e. The zero-order chi connectivity index (χ0) is 16.5. The predicted octanol–water partition coefficient (Wildman–Crippen LogP) is 3.67. The number of aromatic nitrogens is 1. The van der Waals surface area contributed by atoms with Crippen LogP contribution in [-0.4, -0.2) is 28.0 Å². The Labute approximate surface area is 141 Å². The topological polar surface area (TPSA) is 49.0 Å². The molecule has 4 nitrogen and oxygen atoms in total. The van der Waals surface area contributed by atoms with E-state index in [1.165, 1.54) is 16.6 Å². The van der Waals surface area contributed by atoms with E-state index in [0.717, 1.165) is 37.7 Å². The number of hydrogen-bond acceptors (Lipinski definition) is 3.